The summed E-state index contributed by atoms with van der Waals surface area (Å²) < 4.78 is 0. The van der Waals surface area contributed by atoms with Gasteiger partial charge in [-0.15, -0.1) is 0 Å². The Morgan fingerprint density at radius 3 is 2.74 bits per heavy atom. The minimum atomic E-state index is -0.0137. The number of benzene rings is 1. The average Bonchev–Trinajstić information content (AvgIpc) is 2.54. The third-order valence-corrected chi connectivity index (χ3v) is 4.51. The first-order chi connectivity index (χ1) is 11.1. The van der Waals surface area contributed by atoms with Crippen LogP contribution >= 0.6 is 0 Å². The van der Waals surface area contributed by atoms with E-state index in [-0.39, 0.29) is 23.8 Å². The molecular formula is C19H28N2O2. The number of rotatable bonds is 6. The van der Waals surface area contributed by atoms with Gasteiger partial charge < -0.3 is 10.2 Å². The fourth-order valence-corrected chi connectivity index (χ4v) is 3.27. The van der Waals surface area contributed by atoms with Crippen molar-refractivity contribution >= 4 is 11.8 Å². The second-order valence-electron chi connectivity index (χ2n) is 6.60. The van der Waals surface area contributed by atoms with Crippen molar-refractivity contribution < 1.29 is 9.59 Å². The maximum Gasteiger partial charge on any atom is 0.225 e. The third kappa shape index (κ3) is 5.70. The van der Waals surface area contributed by atoms with E-state index in [0.29, 0.717) is 6.54 Å². The fourth-order valence-electron chi connectivity index (χ4n) is 3.27. The molecule has 2 rings (SSSR count). The zero-order valence-electron chi connectivity index (χ0n) is 14.3. The molecule has 4 heteroatoms. The van der Waals surface area contributed by atoms with E-state index < -0.39 is 0 Å². The molecule has 1 saturated heterocycles. The fraction of sp³-hybridized carbons (Fsp3) is 0.579. The zero-order chi connectivity index (χ0) is 16.7. The van der Waals surface area contributed by atoms with E-state index in [2.05, 4.69) is 29.6 Å². The molecule has 23 heavy (non-hydrogen) atoms. The molecule has 1 fully saturated rings. The highest BCUT2D eigenvalue weighted by molar-refractivity contribution is 5.79. The van der Waals surface area contributed by atoms with E-state index in [1.54, 1.807) is 0 Å². The lowest BCUT2D eigenvalue weighted by Gasteiger charge is -2.34. The van der Waals surface area contributed by atoms with Gasteiger partial charge >= 0.3 is 0 Å². The van der Waals surface area contributed by atoms with Gasteiger partial charge in [-0.2, -0.15) is 0 Å². The Morgan fingerprint density at radius 2 is 2.04 bits per heavy atom. The van der Waals surface area contributed by atoms with E-state index in [0.717, 1.165) is 38.6 Å². The molecule has 0 bridgehead atoms. The number of carbonyl (C=O) groups excluding carboxylic acids is 2. The number of piperidine rings is 1. The number of likely N-dealkylation sites (tertiary alicyclic amines) is 1. The van der Waals surface area contributed by atoms with Gasteiger partial charge in [-0.05, 0) is 37.7 Å². The number of carbonyl (C=O) groups is 2. The predicted octanol–water partition coefficient (Wildman–Crippen LogP) is 2.77. The lowest BCUT2D eigenvalue weighted by atomic mass is 9.98. The highest BCUT2D eigenvalue weighted by atomic mass is 16.2. The molecule has 1 heterocycles. The van der Waals surface area contributed by atoms with E-state index >= 15 is 0 Å². The highest BCUT2D eigenvalue weighted by Crippen LogP contribution is 2.17. The molecule has 1 aromatic rings. The van der Waals surface area contributed by atoms with Crippen LogP contribution in [-0.4, -0.2) is 35.8 Å². The van der Waals surface area contributed by atoms with Crippen LogP contribution in [0.15, 0.2) is 30.3 Å². The zero-order valence-corrected chi connectivity index (χ0v) is 14.3. The summed E-state index contributed by atoms with van der Waals surface area (Å²) in [6.45, 7) is 5.03. The molecular weight excluding hydrogens is 288 g/mol. The smallest absolute Gasteiger partial charge is 0.225 e. The van der Waals surface area contributed by atoms with Gasteiger partial charge in [-0.25, -0.2) is 0 Å². The standard InChI is InChI=1S/C19H28N2O2/c1-15(8-6-11-17-9-4-3-5-10-17)19(23)21-13-7-12-18(14-21)20-16(2)22/h3-5,9-10,15,18H,6-8,11-14H2,1-2H3,(H,20,22)/t15-,18-/m0/s1. The number of nitrogens with zero attached hydrogens (tertiary/aromatic N) is 1. The van der Waals surface area contributed by atoms with Crippen LogP contribution in [0.5, 0.6) is 0 Å². The van der Waals surface area contributed by atoms with E-state index in [4.69, 9.17) is 0 Å². The Bertz CT molecular complexity index is 515. The van der Waals surface area contributed by atoms with Gasteiger partial charge in [-0.3, -0.25) is 9.59 Å². The number of aryl methyl sites for hydroxylation is 1. The second-order valence-corrected chi connectivity index (χ2v) is 6.60. The van der Waals surface area contributed by atoms with Crippen molar-refractivity contribution in [1.29, 1.82) is 0 Å². The summed E-state index contributed by atoms with van der Waals surface area (Å²) in [4.78, 5) is 25.7. The summed E-state index contributed by atoms with van der Waals surface area (Å²) >= 11 is 0. The summed E-state index contributed by atoms with van der Waals surface area (Å²) in [6, 6.07) is 10.5. The first-order valence-corrected chi connectivity index (χ1v) is 8.66. The van der Waals surface area contributed by atoms with Crippen LogP contribution in [0.4, 0.5) is 0 Å². The first kappa shape index (κ1) is 17.5. The minimum absolute atomic E-state index is 0.0137. The molecule has 126 valence electrons. The molecule has 0 aromatic heterocycles. The topological polar surface area (TPSA) is 49.4 Å². The van der Waals surface area contributed by atoms with Crippen LogP contribution in [0.2, 0.25) is 0 Å². The van der Waals surface area contributed by atoms with Crippen molar-refractivity contribution in [1.82, 2.24) is 10.2 Å². The average molecular weight is 316 g/mol. The van der Waals surface area contributed by atoms with Crippen molar-refractivity contribution in [3.63, 3.8) is 0 Å². The summed E-state index contributed by atoms with van der Waals surface area (Å²) in [5.41, 5.74) is 1.33. The Hall–Kier alpha value is -1.84. The Labute approximate surface area is 139 Å². The van der Waals surface area contributed by atoms with Gasteiger partial charge in [0.2, 0.25) is 11.8 Å². The number of hydrogen-bond acceptors (Lipinski definition) is 2. The van der Waals surface area contributed by atoms with Crippen LogP contribution in [0.25, 0.3) is 0 Å². The molecule has 1 aliphatic rings. The second kappa shape index (κ2) is 8.70. The maximum atomic E-state index is 12.6. The third-order valence-electron chi connectivity index (χ3n) is 4.51. The molecule has 0 radical (unpaired) electrons. The van der Waals surface area contributed by atoms with Gasteiger partial charge in [0.1, 0.15) is 0 Å². The molecule has 1 N–H and O–H groups in total. The lowest BCUT2D eigenvalue weighted by Crippen LogP contribution is -2.50. The van der Waals surface area contributed by atoms with Crippen LogP contribution in [0, 0.1) is 5.92 Å². The SMILES string of the molecule is CC(=O)N[C@H]1CCCN(C(=O)[C@@H](C)CCCc2ccccc2)C1. The molecule has 2 amide bonds. The van der Waals surface area contributed by atoms with Crippen LogP contribution in [-0.2, 0) is 16.0 Å². The molecule has 1 aromatic carbocycles. The van der Waals surface area contributed by atoms with Crippen LogP contribution < -0.4 is 5.32 Å². The lowest BCUT2D eigenvalue weighted by molar-refractivity contribution is -0.137. The molecule has 0 aliphatic carbocycles. The number of hydrogen-bond donors (Lipinski definition) is 1. The van der Waals surface area contributed by atoms with Crippen molar-refractivity contribution in [3.05, 3.63) is 35.9 Å². The van der Waals surface area contributed by atoms with E-state index in [1.165, 1.54) is 12.5 Å². The molecule has 4 nitrogen and oxygen atoms in total. The minimum Gasteiger partial charge on any atom is -0.352 e. The van der Waals surface area contributed by atoms with Gasteiger partial charge in [-0.1, -0.05) is 37.3 Å². The highest BCUT2D eigenvalue weighted by Gasteiger charge is 2.26. The Balaban J connectivity index is 1.76. The predicted molar refractivity (Wildman–Crippen MR) is 92.0 cm³/mol. The summed E-state index contributed by atoms with van der Waals surface area (Å²) in [6.07, 6.45) is 4.89. The molecule has 0 unspecified atom stereocenters. The monoisotopic (exact) mass is 316 g/mol. The molecule has 2 atom stereocenters. The molecule has 1 aliphatic heterocycles. The van der Waals surface area contributed by atoms with E-state index in [1.807, 2.05) is 17.9 Å². The van der Waals surface area contributed by atoms with Crippen molar-refractivity contribution in [2.24, 2.45) is 5.92 Å². The van der Waals surface area contributed by atoms with Crippen LogP contribution in [0.3, 0.4) is 0 Å². The molecule has 0 saturated carbocycles. The number of nitrogens with one attached hydrogen (secondary N) is 1. The summed E-state index contributed by atoms with van der Waals surface area (Å²) in [7, 11) is 0. The van der Waals surface area contributed by atoms with Crippen molar-refractivity contribution in [3.8, 4) is 0 Å². The maximum absolute atomic E-state index is 12.6. The quantitative estimate of drug-likeness (QED) is 0.877. The first-order valence-electron chi connectivity index (χ1n) is 8.66. The van der Waals surface area contributed by atoms with Crippen molar-refractivity contribution in [2.75, 3.05) is 13.1 Å². The van der Waals surface area contributed by atoms with E-state index in [9.17, 15) is 9.59 Å². The van der Waals surface area contributed by atoms with Crippen LogP contribution in [0.1, 0.15) is 45.1 Å². The summed E-state index contributed by atoms with van der Waals surface area (Å²) in [5, 5.41) is 2.94. The van der Waals surface area contributed by atoms with Gasteiger partial charge in [0, 0.05) is 32.0 Å². The van der Waals surface area contributed by atoms with Gasteiger partial charge in [0.25, 0.3) is 0 Å². The van der Waals surface area contributed by atoms with Gasteiger partial charge in [0.15, 0.2) is 0 Å². The Morgan fingerprint density at radius 1 is 1.30 bits per heavy atom. The Kier molecular flexibility index (Phi) is 6.63. The number of amides is 2. The van der Waals surface area contributed by atoms with Crippen molar-refractivity contribution in [2.45, 2.75) is 52.0 Å². The van der Waals surface area contributed by atoms with Gasteiger partial charge in [0.05, 0.1) is 0 Å². The summed E-state index contributed by atoms with van der Waals surface area (Å²) in [5.74, 6) is 0.267. The molecule has 0 spiro atoms. The largest absolute Gasteiger partial charge is 0.352 e. The normalized spacial score (nSPS) is 19.2.